The van der Waals surface area contributed by atoms with Gasteiger partial charge in [0, 0.05) is 44.2 Å². The van der Waals surface area contributed by atoms with Crippen molar-refractivity contribution in [3.05, 3.63) is 54.0 Å². The van der Waals surface area contributed by atoms with Crippen LogP contribution >= 0.6 is 0 Å². The zero-order valence-electron chi connectivity index (χ0n) is 14.7. The summed E-state index contributed by atoms with van der Waals surface area (Å²) in [5.74, 6) is 2.12. The molecule has 1 amide bonds. The van der Waals surface area contributed by atoms with Gasteiger partial charge in [0.05, 0.1) is 0 Å². The number of carbonyl (C=O) groups excluding carboxylic acids is 1. The fourth-order valence-corrected chi connectivity index (χ4v) is 4.09. The Balaban J connectivity index is 1.40. The summed E-state index contributed by atoms with van der Waals surface area (Å²) in [6, 6.07) is 12.3. The zero-order valence-corrected chi connectivity index (χ0v) is 14.7. The Morgan fingerprint density at radius 1 is 1.12 bits per heavy atom. The third-order valence-electron chi connectivity index (χ3n) is 5.53. The molecular weight excluding hydrogens is 312 g/mol. The maximum atomic E-state index is 12.5. The number of aromatic nitrogens is 2. The van der Waals surface area contributed by atoms with Gasteiger partial charge in [0.15, 0.2) is 0 Å². The molecule has 130 valence electrons. The van der Waals surface area contributed by atoms with E-state index in [2.05, 4.69) is 27.0 Å². The Labute approximate surface area is 148 Å². The third-order valence-corrected chi connectivity index (χ3v) is 5.53. The number of hydrogen-bond acceptors (Lipinski definition) is 4. The molecule has 0 aliphatic carbocycles. The number of amides is 1. The first-order valence-corrected chi connectivity index (χ1v) is 9.00. The minimum atomic E-state index is 0.143. The predicted octanol–water partition coefficient (Wildman–Crippen LogP) is 2.80. The maximum absolute atomic E-state index is 12.5. The molecule has 4 rings (SSSR count). The van der Waals surface area contributed by atoms with Crippen molar-refractivity contribution in [1.29, 1.82) is 0 Å². The van der Waals surface area contributed by atoms with Crippen LogP contribution in [-0.2, 0) is 11.3 Å². The van der Waals surface area contributed by atoms with Crippen LogP contribution < -0.4 is 4.90 Å². The molecular formula is C20H24N4O. The molecule has 3 heterocycles. The molecule has 25 heavy (non-hydrogen) atoms. The van der Waals surface area contributed by atoms with E-state index >= 15 is 0 Å². The Morgan fingerprint density at radius 2 is 1.88 bits per heavy atom. The largest absolute Gasteiger partial charge is 0.356 e. The van der Waals surface area contributed by atoms with Gasteiger partial charge in [-0.15, -0.1) is 0 Å². The second-order valence-corrected chi connectivity index (χ2v) is 7.36. The molecule has 0 N–H and O–H groups in total. The summed E-state index contributed by atoms with van der Waals surface area (Å²) in [5.41, 5.74) is 1.35. The van der Waals surface area contributed by atoms with E-state index in [4.69, 9.17) is 0 Å². The predicted molar refractivity (Wildman–Crippen MR) is 97.1 cm³/mol. The second kappa shape index (κ2) is 6.47. The van der Waals surface area contributed by atoms with Crippen molar-refractivity contribution in [2.24, 2.45) is 5.41 Å². The van der Waals surface area contributed by atoms with Crippen molar-refractivity contribution in [2.45, 2.75) is 32.7 Å². The topological polar surface area (TPSA) is 49.3 Å². The van der Waals surface area contributed by atoms with Gasteiger partial charge in [-0.05, 0) is 31.4 Å². The van der Waals surface area contributed by atoms with Crippen LogP contribution in [0.1, 0.15) is 30.7 Å². The zero-order chi connectivity index (χ0) is 17.3. The average Bonchev–Trinajstić information content (AvgIpc) is 2.91. The molecule has 2 aliphatic rings. The van der Waals surface area contributed by atoms with Gasteiger partial charge in [0.1, 0.15) is 11.6 Å². The van der Waals surface area contributed by atoms with Gasteiger partial charge in [0.2, 0.25) is 5.91 Å². The van der Waals surface area contributed by atoms with Gasteiger partial charge in [-0.1, -0.05) is 30.3 Å². The molecule has 0 atom stereocenters. The van der Waals surface area contributed by atoms with E-state index in [9.17, 15) is 4.79 Å². The van der Waals surface area contributed by atoms with E-state index in [0.29, 0.717) is 12.3 Å². The van der Waals surface area contributed by atoms with Gasteiger partial charge in [0.25, 0.3) is 0 Å². The van der Waals surface area contributed by atoms with Crippen molar-refractivity contribution >= 4 is 11.7 Å². The lowest BCUT2D eigenvalue weighted by molar-refractivity contribution is -0.128. The number of benzene rings is 1. The molecule has 0 radical (unpaired) electrons. The van der Waals surface area contributed by atoms with Gasteiger partial charge >= 0.3 is 0 Å². The molecule has 1 spiro atoms. The van der Waals surface area contributed by atoms with Crippen LogP contribution in [0.3, 0.4) is 0 Å². The first-order chi connectivity index (χ1) is 12.1. The van der Waals surface area contributed by atoms with Crippen LogP contribution in [0, 0.1) is 12.3 Å². The fraction of sp³-hybridized carbons (Fsp3) is 0.450. The number of nitrogens with zero attached hydrogens (tertiary/aromatic N) is 4. The number of aryl methyl sites for hydroxylation is 1. The lowest BCUT2D eigenvalue weighted by atomic mass is 9.77. The van der Waals surface area contributed by atoms with Crippen LogP contribution in [0.5, 0.6) is 0 Å². The van der Waals surface area contributed by atoms with Crippen molar-refractivity contribution in [2.75, 3.05) is 24.5 Å². The highest BCUT2D eigenvalue weighted by Gasteiger charge is 2.44. The van der Waals surface area contributed by atoms with E-state index < -0.39 is 0 Å². The maximum Gasteiger partial charge on any atom is 0.223 e. The van der Waals surface area contributed by atoms with Crippen molar-refractivity contribution in [3.63, 3.8) is 0 Å². The molecule has 0 bridgehead atoms. The highest BCUT2D eigenvalue weighted by atomic mass is 16.2. The van der Waals surface area contributed by atoms with Crippen LogP contribution in [0.2, 0.25) is 0 Å². The lowest BCUT2D eigenvalue weighted by Crippen LogP contribution is -2.42. The van der Waals surface area contributed by atoms with E-state index in [0.717, 1.165) is 50.7 Å². The van der Waals surface area contributed by atoms with Crippen molar-refractivity contribution in [3.8, 4) is 0 Å². The highest BCUT2D eigenvalue weighted by molar-refractivity contribution is 5.79. The minimum absolute atomic E-state index is 0.143. The fourth-order valence-electron chi connectivity index (χ4n) is 4.09. The Kier molecular flexibility index (Phi) is 4.15. The van der Waals surface area contributed by atoms with E-state index in [-0.39, 0.29) is 5.41 Å². The SMILES string of the molecule is Cc1nccc(N2CCC3(CC2)CC(=O)N(Cc2ccccc2)C3)n1. The first kappa shape index (κ1) is 16.1. The number of hydrogen-bond donors (Lipinski definition) is 0. The van der Waals surface area contributed by atoms with Gasteiger partial charge < -0.3 is 9.80 Å². The van der Waals surface area contributed by atoms with Crippen molar-refractivity contribution in [1.82, 2.24) is 14.9 Å². The van der Waals surface area contributed by atoms with Gasteiger partial charge in [-0.2, -0.15) is 0 Å². The van der Waals surface area contributed by atoms with Gasteiger partial charge in [-0.3, -0.25) is 4.79 Å². The second-order valence-electron chi connectivity index (χ2n) is 7.36. The first-order valence-electron chi connectivity index (χ1n) is 9.00. The molecule has 5 nitrogen and oxygen atoms in total. The van der Waals surface area contributed by atoms with Gasteiger partial charge in [-0.25, -0.2) is 9.97 Å². The Morgan fingerprint density at radius 3 is 2.60 bits per heavy atom. The number of rotatable bonds is 3. The Hall–Kier alpha value is -2.43. The molecule has 2 saturated heterocycles. The average molecular weight is 336 g/mol. The molecule has 1 aromatic carbocycles. The number of piperidine rings is 1. The number of anilines is 1. The summed E-state index contributed by atoms with van der Waals surface area (Å²) in [5, 5.41) is 0. The number of likely N-dealkylation sites (tertiary alicyclic amines) is 1. The summed E-state index contributed by atoms with van der Waals surface area (Å²) in [7, 11) is 0. The summed E-state index contributed by atoms with van der Waals surface area (Å²) >= 11 is 0. The summed E-state index contributed by atoms with van der Waals surface area (Å²) in [4.78, 5) is 25.6. The Bertz CT molecular complexity index is 753. The summed E-state index contributed by atoms with van der Waals surface area (Å²) in [6.45, 7) is 5.46. The lowest BCUT2D eigenvalue weighted by Gasteiger charge is -2.39. The van der Waals surface area contributed by atoms with E-state index in [1.165, 1.54) is 5.56 Å². The molecule has 2 aromatic rings. The van der Waals surface area contributed by atoms with Crippen LogP contribution in [0.15, 0.2) is 42.6 Å². The molecule has 2 aliphatic heterocycles. The van der Waals surface area contributed by atoms with Crippen LogP contribution in [-0.4, -0.2) is 40.4 Å². The summed E-state index contributed by atoms with van der Waals surface area (Å²) in [6.07, 6.45) is 4.61. The van der Waals surface area contributed by atoms with Crippen LogP contribution in [0.4, 0.5) is 5.82 Å². The molecule has 0 saturated carbocycles. The normalized spacial score (nSPS) is 19.6. The van der Waals surface area contributed by atoms with E-state index in [1.54, 1.807) is 0 Å². The molecule has 2 fully saturated rings. The molecule has 1 aromatic heterocycles. The quantitative estimate of drug-likeness (QED) is 0.865. The minimum Gasteiger partial charge on any atom is -0.356 e. The van der Waals surface area contributed by atoms with Crippen LogP contribution in [0.25, 0.3) is 0 Å². The number of carbonyl (C=O) groups is 1. The molecule has 5 heteroatoms. The summed E-state index contributed by atoms with van der Waals surface area (Å²) < 4.78 is 0. The standard InChI is InChI=1S/C20H24N4O/c1-16-21-10-7-18(22-16)23-11-8-20(9-12-23)13-19(25)24(15-20)14-17-5-3-2-4-6-17/h2-7,10H,8-9,11-15H2,1H3. The monoisotopic (exact) mass is 336 g/mol. The smallest absolute Gasteiger partial charge is 0.223 e. The third kappa shape index (κ3) is 3.36. The highest BCUT2D eigenvalue weighted by Crippen LogP contribution is 2.42. The molecule has 0 unspecified atom stereocenters. The van der Waals surface area contributed by atoms with Crippen molar-refractivity contribution < 1.29 is 4.79 Å². The van der Waals surface area contributed by atoms with E-state index in [1.807, 2.05) is 42.3 Å².